The van der Waals surface area contributed by atoms with Crippen molar-refractivity contribution in [2.24, 2.45) is 22.4 Å². The smallest absolute Gasteiger partial charge is 0.253 e. The minimum absolute atomic E-state index is 0.0412. The zero-order valence-corrected chi connectivity index (χ0v) is 14.1. The maximum atomic E-state index is 11.7. The number of nitrogens with one attached hydrogen (secondary N) is 2. The van der Waals surface area contributed by atoms with Crippen LogP contribution in [0.2, 0.25) is 5.02 Å². The molecule has 2 atom stereocenters. The average molecular weight is 348 g/mol. The molecule has 0 bridgehead atoms. The third kappa shape index (κ3) is 4.83. The summed E-state index contributed by atoms with van der Waals surface area (Å²) in [5, 5.41) is 11.3. The van der Waals surface area contributed by atoms with E-state index in [-0.39, 0.29) is 23.4 Å². The molecule has 2 rings (SSSR count). The molecule has 128 valence electrons. The highest BCUT2D eigenvalue weighted by molar-refractivity contribution is 6.30. The molecule has 7 heteroatoms. The molecule has 6 nitrogen and oxygen atoms in total. The molecule has 1 fully saturated rings. The Morgan fingerprint density at radius 1 is 1.25 bits per heavy atom. The van der Waals surface area contributed by atoms with Gasteiger partial charge in [-0.05, 0) is 37.1 Å². The van der Waals surface area contributed by atoms with E-state index in [0.717, 1.165) is 25.7 Å². The van der Waals surface area contributed by atoms with Crippen molar-refractivity contribution in [1.29, 1.82) is 5.41 Å². The van der Waals surface area contributed by atoms with E-state index < -0.39 is 5.91 Å². The first-order chi connectivity index (χ1) is 11.5. The molecule has 1 amide bonds. The predicted octanol–water partition coefficient (Wildman–Crippen LogP) is 2.50. The van der Waals surface area contributed by atoms with Gasteiger partial charge in [0.25, 0.3) is 5.91 Å². The van der Waals surface area contributed by atoms with Crippen molar-refractivity contribution in [3.8, 4) is 0 Å². The van der Waals surface area contributed by atoms with E-state index >= 15 is 0 Å². The van der Waals surface area contributed by atoms with Crippen LogP contribution in [0.4, 0.5) is 5.69 Å². The Hall–Kier alpha value is -2.34. The SMILES string of the molecule is N=C[C@H]1CCCCC1N/C=C(/C(N)=O)C(N)=Nc1ccc(Cl)cc1. The molecule has 0 aliphatic heterocycles. The van der Waals surface area contributed by atoms with Crippen molar-refractivity contribution in [3.05, 3.63) is 41.1 Å². The number of carbonyl (C=O) groups excluding carboxylic acids is 1. The van der Waals surface area contributed by atoms with Crippen molar-refractivity contribution in [3.63, 3.8) is 0 Å². The van der Waals surface area contributed by atoms with E-state index in [9.17, 15) is 4.79 Å². The summed E-state index contributed by atoms with van der Waals surface area (Å²) in [5.74, 6) is -0.460. The summed E-state index contributed by atoms with van der Waals surface area (Å²) in [6.07, 6.45) is 7.09. The highest BCUT2D eigenvalue weighted by Crippen LogP contribution is 2.23. The molecule has 0 heterocycles. The average Bonchev–Trinajstić information content (AvgIpc) is 2.57. The summed E-state index contributed by atoms with van der Waals surface area (Å²) in [6.45, 7) is 0. The van der Waals surface area contributed by atoms with Gasteiger partial charge in [-0.1, -0.05) is 24.4 Å². The number of aliphatic imine (C=N–C) groups is 1. The number of carbonyl (C=O) groups is 1. The molecular weight excluding hydrogens is 326 g/mol. The second kappa shape index (κ2) is 8.49. The second-order valence-electron chi connectivity index (χ2n) is 5.78. The van der Waals surface area contributed by atoms with Gasteiger partial charge in [-0.3, -0.25) is 4.79 Å². The molecular formula is C17H22ClN5O. The normalized spacial score (nSPS) is 22.0. The van der Waals surface area contributed by atoms with Gasteiger partial charge in [0.2, 0.25) is 0 Å². The van der Waals surface area contributed by atoms with E-state index in [2.05, 4.69) is 10.3 Å². The Labute approximate surface area is 146 Å². The summed E-state index contributed by atoms with van der Waals surface area (Å²) >= 11 is 5.83. The Bertz CT molecular complexity index is 653. The lowest BCUT2D eigenvalue weighted by Gasteiger charge is -2.29. The largest absolute Gasteiger partial charge is 0.387 e. The first kappa shape index (κ1) is 18.0. The number of halogens is 1. The van der Waals surface area contributed by atoms with Crippen LogP contribution in [-0.2, 0) is 4.79 Å². The van der Waals surface area contributed by atoms with E-state index in [0.29, 0.717) is 10.7 Å². The topological polar surface area (TPSA) is 117 Å². The second-order valence-corrected chi connectivity index (χ2v) is 6.22. The maximum absolute atomic E-state index is 11.7. The van der Waals surface area contributed by atoms with Crippen molar-refractivity contribution >= 4 is 35.2 Å². The van der Waals surface area contributed by atoms with Crippen LogP contribution >= 0.6 is 11.6 Å². The molecule has 24 heavy (non-hydrogen) atoms. The Kier molecular flexibility index (Phi) is 6.37. The number of hydrogen-bond donors (Lipinski definition) is 4. The zero-order chi connectivity index (χ0) is 17.5. The molecule has 6 N–H and O–H groups in total. The quantitative estimate of drug-likeness (QED) is 0.359. The van der Waals surface area contributed by atoms with Crippen LogP contribution < -0.4 is 16.8 Å². The van der Waals surface area contributed by atoms with Crippen molar-refractivity contribution in [2.75, 3.05) is 0 Å². The number of benzene rings is 1. The molecule has 0 saturated heterocycles. The van der Waals surface area contributed by atoms with Gasteiger partial charge in [0.15, 0.2) is 0 Å². The molecule has 1 aliphatic carbocycles. The molecule has 1 unspecified atom stereocenters. The van der Waals surface area contributed by atoms with E-state index in [4.69, 9.17) is 28.5 Å². The Balaban J connectivity index is 2.16. The van der Waals surface area contributed by atoms with Crippen LogP contribution in [0.1, 0.15) is 25.7 Å². The summed E-state index contributed by atoms with van der Waals surface area (Å²) < 4.78 is 0. The van der Waals surface area contributed by atoms with E-state index in [1.165, 1.54) is 12.4 Å². The number of rotatable bonds is 6. The van der Waals surface area contributed by atoms with Crippen molar-refractivity contribution < 1.29 is 4.79 Å². The van der Waals surface area contributed by atoms with Crippen LogP contribution in [0.25, 0.3) is 0 Å². The Morgan fingerprint density at radius 2 is 1.92 bits per heavy atom. The number of amidine groups is 1. The van der Waals surface area contributed by atoms with Gasteiger partial charge in [-0.15, -0.1) is 0 Å². The van der Waals surface area contributed by atoms with Gasteiger partial charge in [-0.25, -0.2) is 4.99 Å². The lowest BCUT2D eigenvalue weighted by molar-refractivity contribution is -0.114. The fraction of sp³-hybridized carbons (Fsp3) is 0.353. The van der Waals surface area contributed by atoms with Crippen LogP contribution in [0.15, 0.2) is 41.0 Å². The Morgan fingerprint density at radius 3 is 2.54 bits per heavy atom. The number of nitrogens with two attached hydrogens (primary N) is 2. The van der Waals surface area contributed by atoms with Crippen molar-refractivity contribution in [1.82, 2.24) is 5.32 Å². The molecule has 0 radical (unpaired) electrons. The van der Waals surface area contributed by atoms with Crippen molar-refractivity contribution in [2.45, 2.75) is 31.7 Å². The summed E-state index contributed by atoms with van der Waals surface area (Å²) in [7, 11) is 0. The summed E-state index contributed by atoms with van der Waals surface area (Å²) in [6, 6.07) is 6.89. The zero-order valence-electron chi connectivity index (χ0n) is 13.3. The molecule has 1 aromatic rings. The van der Waals surface area contributed by atoms with Gasteiger partial charge in [-0.2, -0.15) is 0 Å². The fourth-order valence-corrected chi connectivity index (χ4v) is 2.87. The third-order valence-corrected chi connectivity index (χ3v) is 4.34. The lowest BCUT2D eigenvalue weighted by Crippen LogP contribution is -2.38. The minimum Gasteiger partial charge on any atom is -0.387 e. The molecule has 1 aromatic carbocycles. The van der Waals surface area contributed by atoms with Gasteiger partial charge >= 0.3 is 0 Å². The standard InChI is InChI=1S/C17H22ClN5O/c18-12-5-7-13(8-6-12)23-16(20)14(17(21)24)10-22-15-4-2-1-3-11(15)9-19/h5-11,15,19,22H,1-4H2,(H2,20,23)(H2,21,24)/b14-10+,19-9?/t11-,15?/m1/s1. The number of amides is 1. The highest BCUT2D eigenvalue weighted by atomic mass is 35.5. The minimum atomic E-state index is -0.653. The lowest BCUT2D eigenvalue weighted by atomic mass is 9.85. The summed E-state index contributed by atoms with van der Waals surface area (Å²) in [5.41, 5.74) is 12.1. The fourth-order valence-electron chi connectivity index (χ4n) is 2.74. The van der Waals surface area contributed by atoms with Crippen LogP contribution in [0.3, 0.4) is 0 Å². The van der Waals surface area contributed by atoms with Crippen LogP contribution in [0, 0.1) is 11.3 Å². The maximum Gasteiger partial charge on any atom is 0.253 e. The molecule has 1 aliphatic rings. The summed E-state index contributed by atoms with van der Waals surface area (Å²) in [4.78, 5) is 15.9. The van der Waals surface area contributed by atoms with E-state index in [1.807, 2.05) is 0 Å². The number of hydrogen-bond acceptors (Lipinski definition) is 4. The first-order valence-corrected chi connectivity index (χ1v) is 8.25. The number of nitrogens with zero attached hydrogens (tertiary/aromatic N) is 1. The highest BCUT2D eigenvalue weighted by Gasteiger charge is 2.22. The number of primary amides is 1. The monoisotopic (exact) mass is 347 g/mol. The van der Waals surface area contributed by atoms with E-state index in [1.54, 1.807) is 24.3 Å². The third-order valence-electron chi connectivity index (χ3n) is 4.09. The van der Waals surface area contributed by atoms with Gasteiger partial charge < -0.3 is 22.2 Å². The molecule has 0 spiro atoms. The molecule has 0 aromatic heterocycles. The van der Waals surface area contributed by atoms with Crippen LogP contribution in [0.5, 0.6) is 0 Å². The van der Waals surface area contributed by atoms with Crippen LogP contribution in [-0.4, -0.2) is 24.0 Å². The first-order valence-electron chi connectivity index (χ1n) is 7.88. The molecule has 1 saturated carbocycles. The van der Waals surface area contributed by atoms with Gasteiger partial charge in [0, 0.05) is 29.4 Å². The van der Waals surface area contributed by atoms with Gasteiger partial charge in [0.05, 0.1) is 11.3 Å². The predicted molar refractivity (Wildman–Crippen MR) is 97.7 cm³/mol. The van der Waals surface area contributed by atoms with Gasteiger partial charge in [0.1, 0.15) is 5.84 Å².